The van der Waals surface area contributed by atoms with Crippen LogP contribution in [0.4, 0.5) is 14.6 Å². The second kappa shape index (κ2) is 7.47. The standard InChI is InChI=1S/C20H19F2N5O/c21-12-5-6-13(16(22)9-12)17(10-27-7-2-8-27)26-20-15-4-1-3-14(19(23)28)18(15)24-11-25-20/h1,3-6,9,11,17H,2,7-8,10H2,(H2,23,28)(H,24,25,26)/t17-/m1/s1. The van der Waals surface area contributed by atoms with E-state index >= 15 is 0 Å². The van der Waals surface area contributed by atoms with E-state index in [-0.39, 0.29) is 5.56 Å². The molecule has 1 atom stereocenters. The zero-order chi connectivity index (χ0) is 19.7. The number of primary amides is 1. The third kappa shape index (κ3) is 3.50. The monoisotopic (exact) mass is 383 g/mol. The van der Waals surface area contributed by atoms with Gasteiger partial charge >= 0.3 is 0 Å². The first-order valence-corrected chi connectivity index (χ1v) is 9.00. The van der Waals surface area contributed by atoms with Crippen molar-refractivity contribution in [1.82, 2.24) is 14.9 Å². The molecular formula is C20H19F2N5O. The van der Waals surface area contributed by atoms with Crippen molar-refractivity contribution in [2.75, 3.05) is 25.0 Å². The highest BCUT2D eigenvalue weighted by molar-refractivity contribution is 6.06. The van der Waals surface area contributed by atoms with E-state index in [1.807, 2.05) is 0 Å². The number of hydrogen-bond acceptors (Lipinski definition) is 5. The maximum Gasteiger partial charge on any atom is 0.250 e. The highest BCUT2D eigenvalue weighted by Gasteiger charge is 2.24. The molecule has 3 N–H and O–H groups in total. The van der Waals surface area contributed by atoms with Crippen molar-refractivity contribution < 1.29 is 13.6 Å². The molecule has 0 bridgehead atoms. The maximum absolute atomic E-state index is 14.5. The van der Waals surface area contributed by atoms with E-state index in [4.69, 9.17) is 5.73 Å². The summed E-state index contributed by atoms with van der Waals surface area (Å²) >= 11 is 0. The number of fused-ring (bicyclic) bond motifs is 1. The van der Waals surface area contributed by atoms with Gasteiger partial charge in [-0.1, -0.05) is 12.1 Å². The lowest BCUT2D eigenvalue weighted by Gasteiger charge is -2.35. The first-order chi connectivity index (χ1) is 13.5. The molecule has 1 aliphatic rings. The number of anilines is 1. The fourth-order valence-corrected chi connectivity index (χ4v) is 3.39. The maximum atomic E-state index is 14.5. The first kappa shape index (κ1) is 18.2. The summed E-state index contributed by atoms with van der Waals surface area (Å²) in [6.07, 6.45) is 2.43. The topological polar surface area (TPSA) is 84.1 Å². The van der Waals surface area contributed by atoms with E-state index in [1.54, 1.807) is 18.2 Å². The minimum absolute atomic E-state index is 0.287. The van der Waals surface area contributed by atoms with Gasteiger partial charge in [-0.25, -0.2) is 18.7 Å². The average Bonchev–Trinajstić information content (AvgIpc) is 2.63. The molecule has 1 saturated heterocycles. The van der Waals surface area contributed by atoms with E-state index in [2.05, 4.69) is 20.2 Å². The van der Waals surface area contributed by atoms with Crippen molar-refractivity contribution in [1.29, 1.82) is 0 Å². The second-order valence-corrected chi connectivity index (χ2v) is 6.81. The number of benzene rings is 2. The zero-order valence-electron chi connectivity index (χ0n) is 15.0. The summed E-state index contributed by atoms with van der Waals surface area (Å²) in [5.74, 6) is -1.36. The Morgan fingerprint density at radius 1 is 1.21 bits per heavy atom. The number of para-hydroxylation sites is 1. The van der Waals surface area contributed by atoms with Gasteiger partial charge in [0.2, 0.25) is 0 Å². The van der Waals surface area contributed by atoms with Crippen LogP contribution in [0.15, 0.2) is 42.7 Å². The summed E-state index contributed by atoms with van der Waals surface area (Å²) in [5, 5.41) is 3.86. The number of aromatic nitrogens is 2. The second-order valence-electron chi connectivity index (χ2n) is 6.81. The number of nitrogens with two attached hydrogens (primary N) is 1. The molecule has 4 rings (SSSR count). The Kier molecular flexibility index (Phi) is 4.87. The van der Waals surface area contributed by atoms with Crippen molar-refractivity contribution in [3.8, 4) is 0 Å². The molecule has 1 aromatic heterocycles. The number of amides is 1. The number of nitrogens with zero attached hydrogens (tertiary/aromatic N) is 3. The molecule has 1 fully saturated rings. The van der Waals surface area contributed by atoms with Gasteiger partial charge in [-0.05, 0) is 37.7 Å². The minimum Gasteiger partial charge on any atom is -0.366 e. The molecule has 1 aliphatic heterocycles. The molecule has 0 unspecified atom stereocenters. The van der Waals surface area contributed by atoms with Gasteiger partial charge in [0.05, 0.1) is 17.1 Å². The molecule has 28 heavy (non-hydrogen) atoms. The predicted octanol–water partition coefficient (Wildman–Crippen LogP) is 2.87. The number of likely N-dealkylation sites (tertiary alicyclic amines) is 1. The van der Waals surface area contributed by atoms with E-state index in [9.17, 15) is 13.6 Å². The fourth-order valence-electron chi connectivity index (χ4n) is 3.39. The number of halogens is 2. The normalized spacial score (nSPS) is 15.2. The lowest BCUT2D eigenvalue weighted by atomic mass is 10.0. The van der Waals surface area contributed by atoms with Crippen LogP contribution in [0, 0.1) is 11.6 Å². The third-order valence-corrected chi connectivity index (χ3v) is 4.97. The summed E-state index contributed by atoms with van der Waals surface area (Å²) < 4.78 is 27.8. The number of carbonyl (C=O) groups excluding carboxylic acids is 1. The predicted molar refractivity (Wildman–Crippen MR) is 102 cm³/mol. The Balaban J connectivity index is 1.74. The highest BCUT2D eigenvalue weighted by atomic mass is 19.1. The van der Waals surface area contributed by atoms with Crippen molar-refractivity contribution in [2.24, 2.45) is 5.73 Å². The quantitative estimate of drug-likeness (QED) is 0.684. The molecule has 0 spiro atoms. The lowest BCUT2D eigenvalue weighted by molar-refractivity contribution is 0.100. The molecule has 0 saturated carbocycles. The molecule has 144 valence electrons. The van der Waals surface area contributed by atoms with Crippen LogP contribution in [0.2, 0.25) is 0 Å². The van der Waals surface area contributed by atoms with Crippen LogP contribution in [0.25, 0.3) is 10.9 Å². The third-order valence-electron chi connectivity index (χ3n) is 4.97. The summed E-state index contributed by atoms with van der Waals surface area (Å²) in [5.41, 5.74) is 6.50. The summed E-state index contributed by atoms with van der Waals surface area (Å²) in [6.45, 7) is 2.40. The van der Waals surface area contributed by atoms with Crippen molar-refractivity contribution >= 4 is 22.6 Å². The molecule has 1 amide bonds. The Morgan fingerprint density at radius 2 is 2.04 bits per heavy atom. The van der Waals surface area contributed by atoms with Crippen LogP contribution in [0.1, 0.15) is 28.4 Å². The van der Waals surface area contributed by atoms with E-state index in [1.165, 1.54) is 18.5 Å². The van der Waals surface area contributed by atoms with E-state index < -0.39 is 23.6 Å². The van der Waals surface area contributed by atoms with E-state index in [0.717, 1.165) is 25.6 Å². The van der Waals surface area contributed by atoms with Crippen LogP contribution < -0.4 is 11.1 Å². The van der Waals surface area contributed by atoms with Crippen molar-refractivity contribution in [3.63, 3.8) is 0 Å². The number of nitrogens with one attached hydrogen (secondary N) is 1. The average molecular weight is 383 g/mol. The minimum atomic E-state index is -0.623. The van der Waals surface area contributed by atoms with Gasteiger partial charge in [0.25, 0.3) is 5.91 Å². The molecule has 0 radical (unpaired) electrons. The number of hydrogen-bond donors (Lipinski definition) is 2. The van der Waals surface area contributed by atoms with Crippen LogP contribution in [0.3, 0.4) is 0 Å². The van der Waals surface area contributed by atoms with Crippen LogP contribution in [0.5, 0.6) is 0 Å². The Labute approximate surface area is 160 Å². The first-order valence-electron chi connectivity index (χ1n) is 9.00. The smallest absolute Gasteiger partial charge is 0.250 e. The van der Waals surface area contributed by atoms with E-state index in [0.29, 0.717) is 28.8 Å². The number of rotatable bonds is 6. The van der Waals surface area contributed by atoms with Gasteiger partial charge in [-0.15, -0.1) is 0 Å². The number of carbonyl (C=O) groups is 1. The highest BCUT2D eigenvalue weighted by Crippen LogP contribution is 2.28. The van der Waals surface area contributed by atoms with Gasteiger partial charge in [0.15, 0.2) is 0 Å². The van der Waals surface area contributed by atoms with Gasteiger partial charge in [-0.3, -0.25) is 4.79 Å². The van der Waals surface area contributed by atoms with Crippen LogP contribution >= 0.6 is 0 Å². The largest absolute Gasteiger partial charge is 0.366 e. The van der Waals surface area contributed by atoms with Crippen LogP contribution in [-0.2, 0) is 0 Å². The molecule has 8 heteroatoms. The Bertz CT molecular complexity index is 1040. The lowest BCUT2D eigenvalue weighted by Crippen LogP contribution is -2.41. The van der Waals surface area contributed by atoms with Gasteiger partial charge < -0.3 is 16.0 Å². The van der Waals surface area contributed by atoms with Gasteiger partial charge in [0, 0.05) is 23.6 Å². The fraction of sp³-hybridized carbons (Fsp3) is 0.250. The molecule has 2 aromatic carbocycles. The molecule has 6 nitrogen and oxygen atoms in total. The molecule has 3 aromatic rings. The summed E-state index contributed by atoms with van der Waals surface area (Å²) in [7, 11) is 0. The van der Waals surface area contributed by atoms with Crippen molar-refractivity contribution in [3.05, 3.63) is 65.5 Å². The molecule has 2 heterocycles. The Morgan fingerprint density at radius 3 is 2.71 bits per heavy atom. The molecular weight excluding hydrogens is 364 g/mol. The molecule has 0 aliphatic carbocycles. The summed E-state index contributed by atoms with van der Waals surface area (Å²) in [6, 6.07) is 8.18. The van der Waals surface area contributed by atoms with Crippen molar-refractivity contribution in [2.45, 2.75) is 12.5 Å². The summed E-state index contributed by atoms with van der Waals surface area (Å²) in [4.78, 5) is 22.3. The van der Waals surface area contributed by atoms with Crippen LogP contribution in [-0.4, -0.2) is 40.4 Å². The van der Waals surface area contributed by atoms with Gasteiger partial charge in [0.1, 0.15) is 23.8 Å². The Hall–Kier alpha value is -3.13. The SMILES string of the molecule is NC(=O)c1cccc2c(N[C@H](CN3CCC3)c3ccc(F)cc3F)ncnc12. The van der Waals surface area contributed by atoms with Gasteiger partial charge in [-0.2, -0.15) is 0 Å². The zero-order valence-corrected chi connectivity index (χ0v) is 15.0.